The summed E-state index contributed by atoms with van der Waals surface area (Å²) in [6.07, 6.45) is 4.99. The van der Waals surface area contributed by atoms with Gasteiger partial charge in [-0.05, 0) is 27.1 Å². The summed E-state index contributed by atoms with van der Waals surface area (Å²) in [5, 5.41) is 11.9. The van der Waals surface area contributed by atoms with Crippen molar-refractivity contribution in [3.63, 3.8) is 0 Å². The zero-order valence-corrected chi connectivity index (χ0v) is 16.7. The van der Waals surface area contributed by atoms with Gasteiger partial charge >= 0.3 is 0 Å². The molecule has 3 heterocycles. The molecule has 0 aromatic carbocycles. The Labute approximate surface area is 166 Å². The maximum atomic E-state index is 12.2. The van der Waals surface area contributed by atoms with Crippen LogP contribution in [0.3, 0.4) is 0 Å². The van der Waals surface area contributed by atoms with Gasteiger partial charge in [0.1, 0.15) is 5.76 Å². The van der Waals surface area contributed by atoms with Crippen LogP contribution in [0.4, 0.5) is 10.8 Å². The molecule has 148 valence electrons. The van der Waals surface area contributed by atoms with Crippen molar-refractivity contribution in [1.29, 1.82) is 0 Å². The molecule has 2 N–H and O–H groups in total. The van der Waals surface area contributed by atoms with Crippen molar-refractivity contribution in [1.82, 2.24) is 19.7 Å². The smallest absolute Gasteiger partial charge is 0.260 e. The van der Waals surface area contributed by atoms with E-state index in [9.17, 15) is 9.59 Å². The number of amides is 2. The van der Waals surface area contributed by atoms with E-state index in [1.807, 2.05) is 14.1 Å². The van der Waals surface area contributed by atoms with E-state index in [-0.39, 0.29) is 18.2 Å². The SMILES string of the molecule is Cc1occc1C(=O)Nc1nc(CC(=O)Nc2cnn(CCN(C)C)c2)cs1. The number of rotatable bonds is 8. The Kier molecular flexibility index (Phi) is 6.22. The zero-order chi connectivity index (χ0) is 20.1. The number of hydrogen-bond donors (Lipinski definition) is 2. The fourth-order valence-electron chi connectivity index (χ4n) is 2.45. The van der Waals surface area contributed by atoms with Crippen LogP contribution in [0.2, 0.25) is 0 Å². The van der Waals surface area contributed by atoms with E-state index in [4.69, 9.17) is 4.42 Å². The number of nitrogens with one attached hydrogen (secondary N) is 2. The Morgan fingerprint density at radius 2 is 2.14 bits per heavy atom. The first kappa shape index (κ1) is 19.8. The van der Waals surface area contributed by atoms with Gasteiger partial charge in [-0.2, -0.15) is 5.10 Å². The van der Waals surface area contributed by atoms with E-state index in [0.717, 1.165) is 13.1 Å². The minimum Gasteiger partial charge on any atom is -0.469 e. The Morgan fingerprint density at radius 1 is 1.32 bits per heavy atom. The highest BCUT2D eigenvalue weighted by atomic mass is 32.1. The molecule has 0 aliphatic rings. The summed E-state index contributed by atoms with van der Waals surface area (Å²) >= 11 is 1.27. The summed E-state index contributed by atoms with van der Waals surface area (Å²) in [5.74, 6) is 0.0579. The second-order valence-electron chi connectivity index (χ2n) is 6.51. The van der Waals surface area contributed by atoms with E-state index >= 15 is 0 Å². The lowest BCUT2D eigenvalue weighted by Crippen LogP contribution is -2.18. The first-order valence-corrected chi connectivity index (χ1v) is 9.55. The third kappa shape index (κ3) is 5.27. The molecule has 3 aromatic rings. The summed E-state index contributed by atoms with van der Waals surface area (Å²) in [6, 6.07) is 1.60. The molecule has 0 fully saturated rings. The third-order valence-corrected chi connectivity index (χ3v) is 4.72. The molecular weight excluding hydrogens is 380 g/mol. The third-order valence-electron chi connectivity index (χ3n) is 3.91. The molecule has 10 heteroatoms. The van der Waals surface area contributed by atoms with E-state index in [1.165, 1.54) is 17.6 Å². The van der Waals surface area contributed by atoms with Crippen molar-refractivity contribution < 1.29 is 14.0 Å². The minimum absolute atomic E-state index is 0.111. The number of aryl methyl sites for hydroxylation is 1. The molecule has 0 atom stereocenters. The van der Waals surface area contributed by atoms with Crippen LogP contribution in [-0.4, -0.2) is 52.1 Å². The highest BCUT2D eigenvalue weighted by Gasteiger charge is 2.14. The van der Waals surface area contributed by atoms with Crippen LogP contribution in [0.5, 0.6) is 0 Å². The largest absolute Gasteiger partial charge is 0.469 e. The molecule has 28 heavy (non-hydrogen) atoms. The Balaban J connectivity index is 1.51. The number of anilines is 2. The van der Waals surface area contributed by atoms with E-state index in [1.54, 1.807) is 35.4 Å². The quantitative estimate of drug-likeness (QED) is 0.599. The molecule has 9 nitrogen and oxygen atoms in total. The predicted molar refractivity (Wildman–Crippen MR) is 107 cm³/mol. The van der Waals surface area contributed by atoms with Crippen molar-refractivity contribution in [3.8, 4) is 0 Å². The molecule has 0 radical (unpaired) electrons. The molecule has 3 aromatic heterocycles. The Hall–Kier alpha value is -2.98. The molecule has 2 amide bonds. The number of aromatic nitrogens is 3. The van der Waals surface area contributed by atoms with Crippen molar-refractivity contribution in [2.75, 3.05) is 31.3 Å². The first-order chi connectivity index (χ1) is 13.4. The lowest BCUT2D eigenvalue weighted by molar-refractivity contribution is -0.115. The van der Waals surface area contributed by atoms with Crippen molar-refractivity contribution in [2.45, 2.75) is 19.9 Å². The molecule has 0 saturated carbocycles. The topological polar surface area (TPSA) is 105 Å². The lowest BCUT2D eigenvalue weighted by Gasteiger charge is -2.08. The number of carbonyl (C=O) groups is 2. The van der Waals surface area contributed by atoms with Gasteiger partial charge in [0.05, 0.1) is 42.4 Å². The van der Waals surface area contributed by atoms with Crippen LogP contribution < -0.4 is 10.6 Å². The number of thiazole rings is 1. The summed E-state index contributed by atoms with van der Waals surface area (Å²) in [7, 11) is 3.99. The number of furan rings is 1. The van der Waals surface area contributed by atoms with Gasteiger partial charge in [-0.3, -0.25) is 19.6 Å². The molecule has 0 bridgehead atoms. The van der Waals surface area contributed by atoms with Crippen LogP contribution in [0, 0.1) is 6.92 Å². The number of nitrogens with zero attached hydrogens (tertiary/aromatic N) is 4. The first-order valence-electron chi connectivity index (χ1n) is 8.67. The standard InChI is InChI=1S/C18H22N6O3S/c1-12-15(4-7-27-12)17(26)22-18-21-13(11-28-18)8-16(25)20-14-9-19-24(10-14)6-5-23(2)3/h4,7,9-11H,5-6,8H2,1-3H3,(H,20,25)(H,21,22,26). The highest BCUT2D eigenvalue weighted by molar-refractivity contribution is 7.14. The fraction of sp³-hybridized carbons (Fsp3) is 0.333. The van der Waals surface area contributed by atoms with Gasteiger partial charge in [0.25, 0.3) is 5.91 Å². The molecule has 0 aliphatic heterocycles. The predicted octanol–water partition coefficient (Wildman–Crippen LogP) is 2.24. The minimum atomic E-state index is -0.290. The molecule has 0 unspecified atom stereocenters. The van der Waals surface area contributed by atoms with E-state index in [0.29, 0.717) is 27.8 Å². The van der Waals surface area contributed by atoms with Crippen molar-refractivity contribution in [2.24, 2.45) is 0 Å². The van der Waals surface area contributed by atoms with Gasteiger partial charge in [0.2, 0.25) is 5.91 Å². The van der Waals surface area contributed by atoms with Crippen LogP contribution in [-0.2, 0) is 17.8 Å². The highest BCUT2D eigenvalue weighted by Crippen LogP contribution is 2.18. The molecule has 0 spiro atoms. The second-order valence-corrected chi connectivity index (χ2v) is 7.37. The van der Waals surface area contributed by atoms with Crippen LogP contribution >= 0.6 is 11.3 Å². The molecule has 3 rings (SSSR count). The molecule has 0 saturated heterocycles. The molecule has 0 aliphatic carbocycles. The monoisotopic (exact) mass is 402 g/mol. The van der Waals surface area contributed by atoms with Crippen molar-refractivity contribution in [3.05, 3.63) is 47.1 Å². The maximum Gasteiger partial charge on any atom is 0.260 e. The Bertz CT molecular complexity index is 958. The van der Waals surface area contributed by atoms with Crippen LogP contribution in [0.1, 0.15) is 21.8 Å². The van der Waals surface area contributed by atoms with Crippen LogP contribution in [0.15, 0.2) is 34.5 Å². The average molecular weight is 402 g/mol. The average Bonchev–Trinajstić information content (AvgIpc) is 3.35. The zero-order valence-electron chi connectivity index (χ0n) is 15.9. The van der Waals surface area contributed by atoms with Crippen molar-refractivity contribution >= 4 is 34.0 Å². The lowest BCUT2D eigenvalue weighted by atomic mass is 10.2. The number of likely N-dealkylation sites (N-methyl/N-ethyl adjacent to an activating group) is 1. The molecular formula is C18H22N6O3S. The van der Waals surface area contributed by atoms with E-state index in [2.05, 4.69) is 25.6 Å². The second kappa shape index (κ2) is 8.81. The summed E-state index contributed by atoms with van der Waals surface area (Å²) in [4.78, 5) is 30.8. The van der Waals surface area contributed by atoms with Gasteiger partial charge in [-0.25, -0.2) is 4.98 Å². The number of hydrogen-bond acceptors (Lipinski definition) is 7. The Morgan fingerprint density at radius 3 is 2.86 bits per heavy atom. The normalized spacial score (nSPS) is 11.0. The summed E-state index contributed by atoms with van der Waals surface area (Å²) in [5.41, 5.74) is 1.69. The van der Waals surface area contributed by atoms with Gasteiger partial charge in [0, 0.05) is 18.1 Å². The van der Waals surface area contributed by atoms with Gasteiger partial charge in [-0.15, -0.1) is 11.3 Å². The van der Waals surface area contributed by atoms with Gasteiger partial charge < -0.3 is 14.6 Å². The maximum absolute atomic E-state index is 12.2. The number of carbonyl (C=O) groups excluding carboxylic acids is 2. The van der Waals surface area contributed by atoms with Gasteiger partial charge in [0.15, 0.2) is 5.13 Å². The van der Waals surface area contributed by atoms with Gasteiger partial charge in [-0.1, -0.05) is 0 Å². The summed E-state index contributed by atoms with van der Waals surface area (Å²) < 4.78 is 6.91. The van der Waals surface area contributed by atoms with Crippen LogP contribution in [0.25, 0.3) is 0 Å². The van der Waals surface area contributed by atoms with E-state index < -0.39 is 0 Å². The summed E-state index contributed by atoms with van der Waals surface area (Å²) in [6.45, 7) is 3.32. The fourth-order valence-corrected chi connectivity index (χ4v) is 3.16.